The zero-order valence-electron chi connectivity index (χ0n) is 9.72. The summed E-state index contributed by atoms with van der Waals surface area (Å²) in [5.41, 5.74) is 7.39. The van der Waals surface area contributed by atoms with Crippen LogP contribution in [0.5, 0.6) is 0 Å². The van der Waals surface area contributed by atoms with Crippen LogP contribution in [0.15, 0.2) is 29.0 Å². The van der Waals surface area contributed by atoms with E-state index in [-0.39, 0.29) is 0 Å². The van der Waals surface area contributed by atoms with Crippen LogP contribution in [0.1, 0.15) is 42.0 Å². The molecule has 0 saturated carbocycles. The Kier molecular flexibility index (Phi) is 2.68. The molecule has 1 unspecified atom stereocenters. The standard InChI is InChI=1S/C14H16S/c1-9-5-6-14-13(8-12(4)15-14)11(3)7-10(9)2/h6-8,11H,1-4H3. The molecule has 0 aromatic carbocycles. The predicted molar refractivity (Wildman–Crippen MR) is 68.4 cm³/mol. The van der Waals surface area contributed by atoms with E-state index in [0.29, 0.717) is 5.92 Å². The van der Waals surface area contributed by atoms with Crippen LogP contribution in [0.2, 0.25) is 0 Å². The maximum atomic E-state index is 3.36. The number of rotatable bonds is 0. The van der Waals surface area contributed by atoms with Crippen LogP contribution in [0.4, 0.5) is 0 Å². The van der Waals surface area contributed by atoms with Crippen LogP contribution < -0.4 is 0 Å². The summed E-state index contributed by atoms with van der Waals surface area (Å²) in [5, 5.41) is 0. The lowest BCUT2D eigenvalue weighted by Crippen LogP contribution is -1.93. The van der Waals surface area contributed by atoms with Crippen molar-refractivity contribution in [1.82, 2.24) is 0 Å². The highest BCUT2D eigenvalue weighted by atomic mass is 32.1. The van der Waals surface area contributed by atoms with E-state index < -0.39 is 0 Å². The first-order valence-corrected chi connectivity index (χ1v) is 6.12. The van der Waals surface area contributed by atoms with Crippen LogP contribution in [-0.4, -0.2) is 0 Å². The van der Waals surface area contributed by atoms with Crippen molar-refractivity contribution in [1.29, 1.82) is 0 Å². The molecule has 78 valence electrons. The van der Waals surface area contributed by atoms with Gasteiger partial charge in [0.15, 0.2) is 0 Å². The largest absolute Gasteiger partial charge is 0.140 e. The molecule has 0 spiro atoms. The van der Waals surface area contributed by atoms with Crippen molar-refractivity contribution < 1.29 is 0 Å². The second kappa shape index (κ2) is 3.84. The number of hydrogen-bond donors (Lipinski definition) is 0. The SMILES string of the molecule is CC1=C=Cc2sc(C)cc2C(C)C=C1C. The number of allylic oxidation sites excluding steroid dienone is 3. The molecule has 0 aliphatic heterocycles. The van der Waals surface area contributed by atoms with Crippen molar-refractivity contribution in [2.24, 2.45) is 0 Å². The molecule has 15 heavy (non-hydrogen) atoms. The molecule has 2 rings (SSSR count). The molecule has 0 nitrogen and oxygen atoms in total. The fourth-order valence-corrected chi connectivity index (χ4v) is 2.91. The predicted octanol–water partition coefficient (Wildman–Crippen LogP) is 4.68. The smallest absolute Gasteiger partial charge is 0.0388 e. The molecule has 0 amide bonds. The number of aryl methyl sites for hydroxylation is 1. The van der Waals surface area contributed by atoms with Crippen molar-refractivity contribution in [3.63, 3.8) is 0 Å². The van der Waals surface area contributed by atoms with Gasteiger partial charge in [0.05, 0.1) is 0 Å². The number of hydrogen-bond acceptors (Lipinski definition) is 1. The third-order valence-electron chi connectivity index (χ3n) is 2.92. The molecule has 1 heterocycles. The monoisotopic (exact) mass is 216 g/mol. The summed E-state index contributed by atoms with van der Waals surface area (Å²) < 4.78 is 0. The minimum absolute atomic E-state index is 0.512. The molecule has 0 radical (unpaired) electrons. The van der Waals surface area contributed by atoms with Gasteiger partial charge < -0.3 is 0 Å². The van der Waals surface area contributed by atoms with E-state index in [1.54, 1.807) is 0 Å². The Hall–Kier alpha value is -1.04. The molecule has 0 fully saturated rings. The molecule has 1 heteroatoms. The fraction of sp³-hybridized carbons (Fsp3) is 0.357. The average Bonchev–Trinajstić information content (AvgIpc) is 2.54. The van der Waals surface area contributed by atoms with Gasteiger partial charge in [-0.25, -0.2) is 0 Å². The Bertz CT molecular complexity index is 479. The van der Waals surface area contributed by atoms with Crippen LogP contribution in [0, 0.1) is 6.92 Å². The van der Waals surface area contributed by atoms with Crippen LogP contribution in [0.25, 0.3) is 6.08 Å². The quantitative estimate of drug-likeness (QED) is 0.552. The maximum Gasteiger partial charge on any atom is 0.0388 e. The Morgan fingerprint density at radius 2 is 2.00 bits per heavy atom. The van der Waals surface area contributed by atoms with Crippen LogP contribution in [-0.2, 0) is 0 Å². The Balaban J connectivity index is 2.64. The summed E-state index contributed by atoms with van der Waals surface area (Å²) in [6.07, 6.45) is 4.47. The fourth-order valence-electron chi connectivity index (χ4n) is 1.90. The first-order chi connectivity index (χ1) is 7.08. The van der Waals surface area contributed by atoms with Crippen molar-refractivity contribution in [3.8, 4) is 0 Å². The molecular weight excluding hydrogens is 200 g/mol. The second-order valence-electron chi connectivity index (χ2n) is 4.23. The van der Waals surface area contributed by atoms with Gasteiger partial charge in [-0.05, 0) is 49.6 Å². The molecule has 1 aliphatic rings. The summed E-state index contributed by atoms with van der Waals surface area (Å²) in [6, 6.07) is 2.30. The van der Waals surface area contributed by atoms with Gasteiger partial charge in [-0.3, -0.25) is 0 Å². The normalized spacial score (nSPS) is 20.1. The molecule has 1 aliphatic carbocycles. The minimum atomic E-state index is 0.512. The highest BCUT2D eigenvalue weighted by Crippen LogP contribution is 2.32. The van der Waals surface area contributed by atoms with Crippen LogP contribution in [0.3, 0.4) is 0 Å². The molecule has 0 bridgehead atoms. The van der Waals surface area contributed by atoms with Gasteiger partial charge in [-0.1, -0.05) is 13.0 Å². The van der Waals surface area contributed by atoms with E-state index in [2.05, 4.69) is 51.6 Å². The van der Waals surface area contributed by atoms with E-state index in [9.17, 15) is 0 Å². The lowest BCUT2D eigenvalue weighted by molar-refractivity contribution is 0.956. The van der Waals surface area contributed by atoms with Gasteiger partial charge in [-0.2, -0.15) is 0 Å². The van der Waals surface area contributed by atoms with Crippen molar-refractivity contribution in [2.45, 2.75) is 33.6 Å². The van der Waals surface area contributed by atoms with Gasteiger partial charge in [0.25, 0.3) is 0 Å². The summed E-state index contributed by atoms with van der Waals surface area (Å²) in [7, 11) is 0. The highest BCUT2D eigenvalue weighted by Gasteiger charge is 2.12. The zero-order chi connectivity index (χ0) is 11.0. The van der Waals surface area contributed by atoms with Gasteiger partial charge in [0, 0.05) is 15.7 Å². The minimum Gasteiger partial charge on any atom is -0.140 e. The molecular formula is C14H16S. The molecule has 1 aromatic heterocycles. The zero-order valence-corrected chi connectivity index (χ0v) is 10.5. The average molecular weight is 216 g/mol. The summed E-state index contributed by atoms with van der Waals surface area (Å²) in [4.78, 5) is 2.75. The summed E-state index contributed by atoms with van der Waals surface area (Å²) in [5.74, 6) is 0.512. The highest BCUT2D eigenvalue weighted by molar-refractivity contribution is 7.13. The van der Waals surface area contributed by atoms with Crippen molar-refractivity contribution in [2.75, 3.05) is 0 Å². The molecule has 0 saturated heterocycles. The van der Waals surface area contributed by atoms with E-state index >= 15 is 0 Å². The van der Waals surface area contributed by atoms with E-state index in [0.717, 1.165) is 0 Å². The third kappa shape index (κ3) is 1.99. The topological polar surface area (TPSA) is 0 Å². The van der Waals surface area contributed by atoms with E-state index in [4.69, 9.17) is 0 Å². The first kappa shape index (κ1) is 10.5. The Morgan fingerprint density at radius 1 is 1.27 bits per heavy atom. The van der Waals surface area contributed by atoms with Crippen molar-refractivity contribution in [3.05, 3.63) is 44.3 Å². The maximum absolute atomic E-state index is 3.36. The first-order valence-electron chi connectivity index (χ1n) is 5.30. The second-order valence-corrected chi connectivity index (χ2v) is 5.52. The van der Waals surface area contributed by atoms with Gasteiger partial charge in [-0.15, -0.1) is 17.1 Å². The lowest BCUT2D eigenvalue weighted by Gasteiger charge is -2.10. The lowest BCUT2D eigenvalue weighted by atomic mass is 9.95. The Labute approximate surface area is 95.6 Å². The van der Waals surface area contributed by atoms with Gasteiger partial charge in [0.2, 0.25) is 0 Å². The van der Waals surface area contributed by atoms with Crippen LogP contribution >= 0.6 is 11.3 Å². The van der Waals surface area contributed by atoms with Crippen molar-refractivity contribution >= 4 is 17.4 Å². The van der Waals surface area contributed by atoms with E-state index in [1.165, 1.54) is 26.5 Å². The summed E-state index contributed by atoms with van der Waals surface area (Å²) in [6.45, 7) is 8.72. The molecule has 0 N–H and O–H groups in total. The summed E-state index contributed by atoms with van der Waals surface area (Å²) >= 11 is 1.86. The van der Waals surface area contributed by atoms with Gasteiger partial charge in [0.1, 0.15) is 0 Å². The van der Waals surface area contributed by atoms with E-state index in [1.807, 2.05) is 11.3 Å². The van der Waals surface area contributed by atoms with Gasteiger partial charge >= 0.3 is 0 Å². The molecule has 1 aromatic rings. The Morgan fingerprint density at radius 3 is 2.73 bits per heavy atom. The molecule has 1 atom stereocenters. The third-order valence-corrected chi connectivity index (χ3v) is 3.93. The number of thiophene rings is 1. The number of fused-ring (bicyclic) bond motifs is 1.